The van der Waals surface area contributed by atoms with Crippen molar-refractivity contribution in [2.45, 2.75) is 31.6 Å². The molecule has 6 heteroatoms. The molecule has 19 heavy (non-hydrogen) atoms. The first kappa shape index (κ1) is 13.2. The maximum atomic E-state index is 10.3. The Morgan fingerprint density at radius 1 is 1.47 bits per heavy atom. The van der Waals surface area contributed by atoms with Crippen LogP contribution in [0.2, 0.25) is 0 Å². The molecule has 1 aromatic rings. The molecule has 1 aliphatic heterocycles. The van der Waals surface area contributed by atoms with Crippen molar-refractivity contribution in [3.8, 4) is 11.8 Å². The van der Waals surface area contributed by atoms with Gasteiger partial charge < -0.3 is 21.3 Å². The Hall–Kier alpha value is -2.26. The van der Waals surface area contributed by atoms with Crippen LogP contribution in [0, 0.1) is 11.3 Å². The zero-order valence-electron chi connectivity index (χ0n) is 10.8. The molecule has 0 bridgehead atoms. The fourth-order valence-electron chi connectivity index (χ4n) is 2.14. The highest BCUT2D eigenvalue weighted by atomic mass is 16.5. The average Bonchev–Trinajstić information content (AvgIpc) is 2.34. The summed E-state index contributed by atoms with van der Waals surface area (Å²) in [6, 6.07) is 6.37. The summed E-state index contributed by atoms with van der Waals surface area (Å²) in [6.45, 7) is 3.52. The van der Waals surface area contributed by atoms with Crippen LogP contribution in [0.1, 0.15) is 31.0 Å². The molecule has 1 aromatic carbocycles. The Labute approximate surface area is 111 Å². The molecule has 1 aliphatic rings. The first-order valence-electron chi connectivity index (χ1n) is 5.85. The first-order chi connectivity index (χ1) is 8.85. The third-order valence-electron chi connectivity index (χ3n) is 3.13. The number of hydrogen-bond acceptors (Lipinski definition) is 4. The molecule has 6 nitrogen and oxygen atoms in total. The lowest BCUT2D eigenvalue weighted by molar-refractivity contribution is -0.0567. The van der Waals surface area contributed by atoms with E-state index in [1.807, 2.05) is 6.07 Å². The second kappa shape index (κ2) is 4.44. The van der Waals surface area contributed by atoms with E-state index >= 15 is 0 Å². The fraction of sp³-hybridized carbons (Fsp3) is 0.385. The number of aliphatic imine (C=N–C) groups is 1. The number of nitrogens with zero attached hydrogens (tertiary/aromatic N) is 2. The molecule has 0 aromatic heterocycles. The largest absolute Gasteiger partial charge is 0.485 e. The van der Waals surface area contributed by atoms with Crippen molar-refractivity contribution in [1.29, 1.82) is 5.26 Å². The summed E-state index contributed by atoms with van der Waals surface area (Å²) in [5, 5.41) is 19.3. The van der Waals surface area contributed by atoms with Gasteiger partial charge in [-0.3, -0.25) is 0 Å². The highest BCUT2D eigenvalue weighted by Gasteiger charge is 2.43. The molecule has 2 unspecified atom stereocenters. The molecule has 0 fully saturated rings. The SMILES string of the molecule is CC1(C)Oc2ccc(C#N)cc2C(N=C(N)N)C1O. The predicted molar refractivity (Wildman–Crippen MR) is 70.4 cm³/mol. The quantitative estimate of drug-likeness (QED) is 0.499. The second-order valence-electron chi connectivity index (χ2n) is 5.01. The smallest absolute Gasteiger partial charge is 0.186 e. The van der Waals surface area contributed by atoms with Gasteiger partial charge in [0.15, 0.2) is 5.96 Å². The molecule has 0 saturated heterocycles. The summed E-state index contributed by atoms with van der Waals surface area (Å²) < 4.78 is 5.73. The fourth-order valence-corrected chi connectivity index (χ4v) is 2.14. The van der Waals surface area contributed by atoms with E-state index in [0.29, 0.717) is 16.9 Å². The summed E-state index contributed by atoms with van der Waals surface area (Å²) in [5.41, 5.74) is 11.1. The summed E-state index contributed by atoms with van der Waals surface area (Å²) >= 11 is 0. The monoisotopic (exact) mass is 260 g/mol. The van der Waals surface area contributed by atoms with E-state index in [1.165, 1.54) is 0 Å². The number of aliphatic hydroxyl groups is 1. The van der Waals surface area contributed by atoms with Crippen LogP contribution in [0.3, 0.4) is 0 Å². The number of hydrogen-bond donors (Lipinski definition) is 3. The van der Waals surface area contributed by atoms with Crippen LogP contribution in [0.15, 0.2) is 23.2 Å². The molecule has 2 atom stereocenters. The van der Waals surface area contributed by atoms with Crippen molar-refractivity contribution in [1.82, 2.24) is 0 Å². The van der Waals surface area contributed by atoms with Gasteiger partial charge in [0, 0.05) is 5.56 Å². The molecule has 2 rings (SSSR count). The maximum Gasteiger partial charge on any atom is 0.186 e. The van der Waals surface area contributed by atoms with E-state index in [9.17, 15) is 5.11 Å². The van der Waals surface area contributed by atoms with E-state index in [0.717, 1.165) is 0 Å². The number of benzene rings is 1. The average molecular weight is 260 g/mol. The number of nitrogens with two attached hydrogens (primary N) is 2. The van der Waals surface area contributed by atoms with Crippen LogP contribution in [0.4, 0.5) is 0 Å². The Morgan fingerprint density at radius 2 is 2.16 bits per heavy atom. The van der Waals surface area contributed by atoms with Crippen molar-refractivity contribution >= 4 is 5.96 Å². The molecule has 100 valence electrons. The minimum Gasteiger partial charge on any atom is -0.485 e. The number of ether oxygens (including phenoxy) is 1. The van der Waals surface area contributed by atoms with Gasteiger partial charge in [-0.2, -0.15) is 5.26 Å². The predicted octanol–water partition coefficient (Wildman–Crippen LogP) is 0.405. The van der Waals surface area contributed by atoms with Gasteiger partial charge in [0.05, 0.1) is 11.6 Å². The highest BCUT2D eigenvalue weighted by molar-refractivity contribution is 5.76. The number of fused-ring (bicyclic) bond motifs is 1. The molecule has 0 aliphatic carbocycles. The van der Waals surface area contributed by atoms with Crippen LogP contribution in [0.25, 0.3) is 0 Å². The topological polar surface area (TPSA) is 118 Å². The second-order valence-corrected chi connectivity index (χ2v) is 5.01. The van der Waals surface area contributed by atoms with Crippen molar-refractivity contribution in [3.63, 3.8) is 0 Å². The number of rotatable bonds is 1. The normalized spacial score (nSPS) is 23.7. The molecule has 0 amide bonds. The van der Waals surface area contributed by atoms with Gasteiger partial charge in [0.25, 0.3) is 0 Å². The maximum absolute atomic E-state index is 10.3. The number of guanidine groups is 1. The van der Waals surface area contributed by atoms with Gasteiger partial charge >= 0.3 is 0 Å². The first-order valence-corrected chi connectivity index (χ1v) is 5.85. The van der Waals surface area contributed by atoms with Gasteiger partial charge in [0.2, 0.25) is 0 Å². The summed E-state index contributed by atoms with van der Waals surface area (Å²) in [4.78, 5) is 4.06. The zero-order chi connectivity index (χ0) is 14.2. The molecule has 0 spiro atoms. The van der Waals surface area contributed by atoms with Crippen molar-refractivity contribution in [3.05, 3.63) is 29.3 Å². The van der Waals surface area contributed by atoms with Crippen LogP contribution >= 0.6 is 0 Å². The molecular formula is C13H16N4O2. The molecule has 5 N–H and O–H groups in total. The molecule has 1 heterocycles. The third-order valence-corrected chi connectivity index (χ3v) is 3.13. The minimum absolute atomic E-state index is 0.116. The molecular weight excluding hydrogens is 244 g/mol. The minimum atomic E-state index is -0.906. The van der Waals surface area contributed by atoms with E-state index in [2.05, 4.69) is 4.99 Å². The van der Waals surface area contributed by atoms with Gasteiger partial charge in [-0.25, -0.2) is 4.99 Å². The third kappa shape index (κ3) is 2.33. The number of nitriles is 1. The van der Waals surface area contributed by atoms with Crippen LogP contribution in [-0.2, 0) is 0 Å². The summed E-state index contributed by atoms with van der Waals surface area (Å²) in [7, 11) is 0. The molecule has 0 saturated carbocycles. The van der Waals surface area contributed by atoms with E-state index in [-0.39, 0.29) is 5.96 Å². The summed E-state index contributed by atoms with van der Waals surface area (Å²) in [6.07, 6.45) is -0.906. The lowest BCUT2D eigenvalue weighted by Gasteiger charge is -2.40. The van der Waals surface area contributed by atoms with Gasteiger partial charge in [0.1, 0.15) is 23.5 Å². The van der Waals surface area contributed by atoms with Gasteiger partial charge in [-0.1, -0.05) is 0 Å². The standard InChI is InChI=1S/C13H16N4O2/c1-13(2)11(18)10(17-12(15)16)8-5-7(6-14)3-4-9(8)19-13/h3-5,10-11,18H,1-2H3,(H4,15,16,17). The Morgan fingerprint density at radius 3 is 2.74 bits per heavy atom. The van der Waals surface area contributed by atoms with E-state index < -0.39 is 17.7 Å². The van der Waals surface area contributed by atoms with Gasteiger partial charge in [-0.15, -0.1) is 0 Å². The number of aliphatic hydroxyl groups excluding tert-OH is 1. The van der Waals surface area contributed by atoms with Crippen molar-refractivity contribution in [2.75, 3.05) is 0 Å². The van der Waals surface area contributed by atoms with Gasteiger partial charge in [-0.05, 0) is 32.0 Å². The van der Waals surface area contributed by atoms with Crippen LogP contribution < -0.4 is 16.2 Å². The highest BCUT2D eigenvalue weighted by Crippen LogP contribution is 2.42. The Balaban J connectivity index is 2.59. The lowest BCUT2D eigenvalue weighted by atomic mass is 9.86. The van der Waals surface area contributed by atoms with Crippen molar-refractivity contribution < 1.29 is 9.84 Å². The Kier molecular flexibility index (Phi) is 3.08. The van der Waals surface area contributed by atoms with E-state index in [4.69, 9.17) is 21.5 Å². The van der Waals surface area contributed by atoms with Crippen molar-refractivity contribution in [2.24, 2.45) is 16.5 Å². The van der Waals surface area contributed by atoms with Crippen LogP contribution in [-0.4, -0.2) is 22.8 Å². The summed E-state index contributed by atoms with van der Waals surface area (Å²) in [5.74, 6) is 0.458. The van der Waals surface area contributed by atoms with E-state index in [1.54, 1.807) is 32.0 Å². The molecule has 0 radical (unpaired) electrons. The lowest BCUT2D eigenvalue weighted by Crippen LogP contribution is -2.49. The Bertz CT molecular complexity index is 570. The zero-order valence-corrected chi connectivity index (χ0v) is 10.8. The van der Waals surface area contributed by atoms with Crippen LogP contribution in [0.5, 0.6) is 5.75 Å².